The highest BCUT2D eigenvalue weighted by Gasteiger charge is 2.08. The molecular weight excluding hydrogens is 300 g/mol. The molecule has 0 aliphatic rings. The smallest absolute Gasteiger partial charge is 0.251 e. The van der Waals surface area contributed by atoms with Crippen LogP contribution in [0.25, 0.3) is 10.9 Å². The van der Waals surface area contributed by atoms with Crippen LogP contribution in [0.5, 0.6) is 0 Å². The molecule has 1 heterocycles. The van der Waals surface area contributed by atoms with E-state index in [0.717, 1.165) is 36.7 Å². The van der Waals surface area contributed by atoms with Crippen molar-refractivity contribution in [1.82, 2.24) is 10.3 Å². The zero-order valence-electron chi connectivity index (χ0n) is 14.9. The number of carbonyl (C=O) groups is 1. The zero-order valence-corrected chi connectivity index (χ0v) is 14.9. The molecule has 0 saturated carbocycles. The standard InChI is InChI=1S/C20H28N2O2/c1-4-5-6-11-21-19(23)10-8-16-13-17-12-15(14(2)3)7-9-18(17)22-20(16)24/h7,9,12-14H,4-6,8,10-11H2,1-3H3,(H,21,23)(H,22,24). The lowest BCUT2D eigenvalue weighted by atomic mass is 10.00. The maximum atomic E-state index is 12.2. The fraction of sp³-hybridized carbons (Fsp3) is 0.500. The van der Waals surface area contributed by atoms with Crippen LogP contribution < -0.4 is 10.9 Å². The van der Waals surface area contributed by atoms with Gasteiger partial charge >= 0.3 is 0 Å². The Bertz CT molecular complexity index is 747. The van der Waals surface area contributed by atoms with Crippen molar-refractivity contribution < 1.29 is 4.79 Å². The number of aryl methyl sites for hydroxylation is 1. The van der Waals surface area contributed by atoms with Crippen molar-refractivity contribution in [3.63, 3.8) is 0 Å². The van der Waals surface area contributed by atoms with Gasteiger partial charge in [0, 0.05) is 24.0 Å². The number of H-pyrrole nitrogens is 1. The average Bonchev–Trinajstić information content (AvgIpc) is 2.56. The lowest BCUT2D eigenvalue weighted by molar-refractivity contribution is -0.121. The lowest BCUT2D eigenvalue weighted by Gasteiger charge is -2.08. The van der Waals surface area contributed by atoms with Crippen molar-refractivity contribution >= 4 is 16.8 Å². The molecule has 0 saturated heterocycles. The highest BCUT2D eigenvalue weighted by molar-refractivity contribution is 5.80. The van der Waals surface area contributed by atoms with E-state index in [2.05, 4.69) is 37.1 Å². The third-order valence-corrected chi connectivity index (χ3v) is 4.34. The molecular formula is C20H28N2O2. The van der Waals surface area contributed by atoms with Gasteiger partial charge in [-0.2, -0.15) is 0 Å². The number of amides is 1. The van der Waals surface area contributed by atoms with Gasteiger partial charge in [-0.15, -0.1) is 0 Å². The van der Waals surface area contributed by atoms with E-state index in [-0.39, 0.29) is 11.5 Å². The Labute approximate surface area is 143 Å². The molecule has 1 amide bonds. The number of benzene rings is 1. The summed E-state index contributed by atoms with van der Waals surface area (Å²) in [4.78, 5) is 27.0. The SMILES string of the molecule is CCCCCNC(=O)CCc1cc2cc(C(C)C)ccc2[nH]c1=O. The zero-order chi connectivity index (χ0) is 17.5. The van der Waals surface area contributed by atoms with Crippen LogP contribution in [0.2, 0.25) is 0 Å². The monoisotopic (exact) mass is 328 g/mol. The number of unbranched alkanes of at least 4 members (excludes halogenated alkanes) is 2. The number of nitrogens with one attached hydrogen (secondary N) is 2. The Hall–Kier alpha value is -2.10. The topological polar surface area (TPSA) is 62.0 Å². The highest BCUT2D eigenvalue weighted by atomic mass is 16.1. The number of carbonyl (C=O) groups excluding carboxylic acids is 1. The van der Waals surface area contributed by atoms with Gasteiger partial charge in [0.2, 0.25) is 5.91 Å². The van der Waals surface area contributed by atoms with E-state index in [1.807, 2.05) is 18.2 Å². The fourth-order valence-corrected chi connectivity index (χ4v) is 2.75. The van der Waals surface area contributed by atoms with Crippen molar-refractivity contribution in [2.24, 2.45) is 0 Å². The van der Waals surface area contributed by atoms with E-state index in [0.29, 0.717) is 24.3 Å². The second-order valence-corrected chi connectivity index (χ2v) is 6.68. The molecule has 2 rings (SSSR count). The van der Waals surface area contributed by atoms with E-state index >= 15 is 0 Å². The molecule has 1 aromatic heterocycles. The minimum Gasteiger partial charge on any atom is -0.356 e. The molecule has 0 aliphatic carbocycles. The molecule has 4 heteroatoms. The number of rotatable bonds is 8. The van der Waals surface area contributed by atoms with Gasteiger partial charge in [0.1, 0.15) is 0 Å². The van der Waals surface area contributed by atoms with Crippen LogP contribution in [0.1, 0.15) is 63.5 Å². The van der Waals surface area contributed by atoms with Crippen molar-refractivity contribution in [3.8, 4) is 0 Å². The number of aromatic nitrogens is 1. The molecule has 1 aromatic carbocycles. The first kappa shape index (κ1) is 18.2. The van der Waals surface area contributed by atoms with Gasteiger partial charge in [-0.05, 0) is 47.9 Å². The number of hydrogen-bond donors (Lipinski definition) is 2. The van der Waals surface area contributed by atoms with Gasteiger partial charge in [0.05, 0.1) is 0 Å². The van der Waals surface area contributed by atoms with E-state index in [9.17, 15) is 9.59 Å². The molecule has 0 bridgehead atoms. The van der Waals surface area contributed by atoms with E-state index in [1.165, 1.54) is 5.56 Å². The van der Waals surface area contributed by atoms with Gasteiger partial charge in [-0.1, -0.05) is 39.7 Å². The number of aromatic amines is 1. The van der Waals surface area contributed by atoms with Crippen LogP contribution in [-0.4, -0.2) is 17.4 Å². The predicted octanol–water partition coefficient (Wildman–Crippen LogP) is 3.89. The molecule has 2 aromatic rings. The number of pyridine rings is 1. The Kier molecular flexibility index (Phi) is 6.59. The van der Waals surface area contributed by atoms with Gasteiger partial charge in [0.15, 0.2) is 0 Å². The summed E-state index contributed by atoms with van der Waals surface area (Å²) in [7, 11) is 0. The third-order valence-electron chi connectivity index (χ3n) is 4.34. The molecule has 0 unspecified atom stereocenters. The van der Waals surface area contributed by atoms with E-state index in [4.69, 9.17) is 0 Å². The normalized spacial score (nSPS) is 11.2. The van der Waals surface area contributed by atoms with E-state index < -0.39 is 0 Å². The van der Waals surface area contributed by atoms with Gasteiger partial charge in [-0.25, -0.2) is 0 Å². The van der Waals surface area contributed by atoms with Crippen molar-refractivity contribution in [3.05, 3.63) is 45.7 Å². The van der Waals surface area contributed by atoms with Crippen molar-refractivity contribution in [1.29, 1.82) is 0 Å². The maximum absolute atomic E-state index is 12.2. The number of hydrogen-bond acceptors (Lipinski definition) is 2. The maximum Gasteiger partial charge on any atom is 0.251 e. The first-order chi connectivity index (χ1) is 11.5. The molecule has 0 fully saturated rings. The van der Waals surface area contributed by atoms with Crippen molar-refractivity contribution in [2.75, 3.05) is 6.54 Å². The molecule has 130 valence electrons. The molecule has 0 radical (unpaired) electrons. The molecule has 4 nitrogen and oxygen atoms in total. The summed E-state index contributed by atoms with van der Waals surface area (Å²) in [5.41, 5.74) is 2.66. The minimum absolute atomic E-state index is 0.0153. The molecule has 2 N–H and O–H groups in total. The second-order valence-electron chi connectivity index (χ2n) is 6.68. The van der Waals surface area contributed by atoms with Crippen molar-refractivity contribution in [2.45, 2.75) is 58.8 Å². The summed E-state index contributed by atoms with van der Waals surface area (Å²) in [6.45, 7) is 7.16. The first-order valence-corrected chi connectivity index (χ1v) is 8.93. The quantitative estimate of drug-likeness (QED) is 0.722. The predicted molar refractivity (Wildman–Crippen MR) is 99.5 cm³/mol. The summed E-state index contributed by atoms with van der Waals surface area (Å²) < 4.78 is 0. The highest BCUT2D eigenvalue weighted by Crippen LogP contribution is 2.20. The summed E-state index contributed by atoms with van der Waals surface area (Å²) in [5.74, 6) is 0.459. The lowest BCUT2D eigenvalue weighted by Crippen LogP contribution is -2.25. The largest absolute Gasteiger partial charge is 0.356 e. The van der Waals surface area contributed by atoms with Crippen LogP contribution in [0.4, 0.5) is 0 Å². The summed E-state index contributed by atoms with van der Waals surface area (Å²) in [6.07, 6.45) is 4.10. The molecule has 0 spiro atoms. The Balaban J connectivity index is 2.04. The summed E-state index contributed by atoms with van der Waals surface area (Å²) >= 11 is 0. The summed E-state index contributed by atoms with van der Waals surface area (Å²) in [5, 5.41) is 3.94. The van der Waals surface area contributed by atoms with Gasteiger partial charge in [0.25, 0.3) is 5.56 Å². The van der Waals surface area contributed by atoms with Crippen LogP contribution in [0, 0.1) is 0 Å². The van der Waals surface area contributed by atoms with Crippen LogP contribution in [-0.2, 0) is 11.2 Å². The first-order valence-electron chi connectivity index (χ1n) is 8.93. The van der Waals surface area contributed by atoms with Crippen LogP contribution >= 0.6 is 0 Å². The second kappa shape index (κ2) is 8.67. The molecule has 0 aliphatic heterocycles. The van der Waals surface area contributed by atoms with Crippen LogP contribution in [0.3, 0.4) is 0 Å². The fourth-order valence-electron chi connectivity index (χ4n) is 2.75. The minimum atomic E-state index is -0.0985. The average molecular weight is 328 g/mol. The summed E-state index contributed by atoms with van der Waals surface area (Å²) in [6, 6.07) is 8.04. The van der Waals surface area contributed by atoms with E-state index in [1.54, 1.807) is 0 Å². The molecule has 0 atom stereocenters. The Morgan fingerprint density at radius 2 is 2.00 bits per heavy atom. The van der Waals surface area contributed by atoms with Crippen LogP contribution in [0.15, 0.2) is 29.1 Å². The molecule has 24 heavy (non-hydrogen) atoms. The Morgan fingerprint density at radius 3 is 2.71 bits per heavy atom. The third kappa shape index (κ3) is 4.95. The number of fused-ring (bicyclic) bond motifs is 1. The van der Waals surface area contributed by atoms with Gasteiger partial charge in [-0.3, -0.25) is 9.59 Å². The Morgan fingerprint density at radius 1 is 1.21 bits per heavy atom. The van der Waals surface area contributed by atoms with Gasteiger partial charge < -0.3 is 10.3 Å².